The van der Waals surface area contributed by atoms with E-state index in [1.807, 2.05) is 70.2 Å². The number of methoxy groups -OCH3 is 3. The molecule has 340 valence electrons. The largest absolute Gasteiger partial charge is 0.488 e. The van der Waals surface area contributed by atoms with Crippen LogP contribution in [0.15, 0.2) is 79.0 Å². The fourth-order valence-corrected chi connectivity index (χ4v) is 9.31. The maximum atomic E-state index is 14.2. The van der Waals surface area contributed by atoms with Crippen LogP contribution in [0.2, 0.25) is 0 Å². The van der Waals surface area contributed by atoms with E-state index < -0.39 is 30.3 Å². The Morgan fingerprint density at radius 2 is 1.69 bits per heavy atom. The number of likely N-dealkylation sites (N-methyl/N-ethyl adjacent to an activating group) is 1. The first-order valence-electron chi connectivity index (χ1n) is 22.1. The van der Waals surface area contributed by atoms with Crippen LogP contribution in [0.3, 0.4) is 0 Å². The minimum atomic E-state index is -0.946. The number of nitrogens with zero attached hydrogens (tertiary/aromatic N) is 4. The number of H-pyrrole nitrogens is 2. The van der Waals surface area contributed by atoms with Crippen LogP contribution >= 0.6 is 0 Å². The zero-order chi connectivity index (χ0) is 45.9. The Labute approximate surface area is 377 Å². The topological polar surface area (TPSA) is 193 Å². The second-order valence-corrected chi connectivity index (χ2v) is 16.9. The number of amides is 4. The van der Waals surface area contributed by atoms with E-state index in [9.17, 15) is 19.2 Å². The molecule has 8 rings (SSSR count). The number of benzene rings is 4. The summed E-state index contributed by atoms with van der Waals surface area (Å²) >= 11 is 0. The van der Waals surface area contributed by atoms with Crippen LogP contribution in [-0.4, -0.2) is 101 Å². The Kier molecular flexibility index (Phi) is 13.1. The Morgan fingerprint density at radius 1 is 0.923 bits per heavy atom. The van der Waals surface area contributed by atoms with E-state index >= 15 is 0 Å². The third-order valence-corrected chi connectivity index (χ3v) is 12.6. The van der Waals surface area contributed by atoms with Gasteiger partial charge in [-0.3, -0.25) is 9.59 Å². The lowest BCUT2D eigenvalue weighted by molar-refractivity contribution is -0.136. The molecule has 1 saturated heterocycles. The lowest BCUT2D eigenvalue weighted by Gasteiger charge is -2.32. The monoisotopic (exact) mass is 884 g/mol. The standard InChI is InChI=1S/C49H56N8O8/c1-8-38(56(9-2)47(59)42(55-49(61)64-7)29-13-11-10-12-14-29)45-51-36-18-16-30-21-35-33-17-15-31(20-32(33)26-65-40(35)22-34(30)43(36)53-45)37-23-50-44(52-37)39-19-28(25-62-5)24-57(39)46(58)41(27(3)4)54-48(60)63-6/h10-18,20-23,27-28,38-39,41-42H,8-9,19,24-26H2,1-7H3,(H,50,52)(H,51,53)(H,54,60)(H,55,61)/t28-,38-,39-,41-,42+/m0/s1. The van der Waals surface area contributed by atoms with Crippen LogP contribution in [0, 0.1) is 11.8 Å². The van der Waals surface area contributed by atoms with Crippen molar-refractivity contribution < 1.29 is 38.1 Å². The van der Waals surface area contributed by atoms with E-state index in [4.69, 9.17) is 28.9 Å². The van der Waals surface area contributed by atoms with Crippen molar-refractivity contribution >= 4 is 45.8 Å². The summed E-state index contributed by atoms with van der Waals surface area (Å²) in [5, 5.41) is 7.35. The Balaban J connectivity index is 1.05. The van der Waals surface area contributed by atoms with E-state index in [-0.39, 0.29) is 29.7 Å². The summed E-state index contributed by atoms with van der Waals surface area (Å²) in [6.07, 6.45) is 1.69. The Hall–Kier alpha value is -6.94. The average Bonchev–Trinajstić information content (AvgIpc) is 4.10. The molecule has 2 aliphatic rings. The second-order valence-electron chi connectivity index (χ2n) is 16.9. The minimum Gasteiger partial charge on any atom is -0.488 e. The number of hydrogen-bond acceptors (Lipinski definition) is 10. The van der Waals surface area contributed by atoms with E-state index in [0.717, 1.165) is 55.5 Å². The number of imidazole rings is 2. The number of alkyl carbamates (subject to hydrolysis) is 2. The first-order valence-corrected chi connectivity index (χ1v) is 22.1. The van der Waals surface area contributed by atoms with Gasteiger partial charge in [0.1, 0.15) is 36.1 Å². The lowest BCUT2D eigenvalue weighted by Crippen LogP contribution is -2.51. The van der Waals surface area contributed by atoms with Gasteiger partial charge in [0.25, 0.3) is 5.91 Å². The van der Waals surface area contributed by atoms with Crippen LogP contribution in [0.5, 0.6) is 5.75 Å². The van der Waals surface area contributed by atoms with Gasteiger partial charge in [-0.2, -0.15) is 0 Å². The van der Waals surface area contributed by atoms with Crippen LogP contribution in [0.1, 0.15) is 81.4 Å². The maximum Gasteiger partial charge on any atom is 0.407 e. The van der Waals surface area contributed by atoms with Crippen molar-refractivity contribution in [1.82, 2.24) is 40.4 Å². The molecule has 2 aliphatic heterocycles. The quantitative estimate of drug-likeness (QED) is 0.0834. The highest BCUT2D eigenvalue weighted by Gasteiger charge is 2.42. The fourth-order valence-electron chi connectivity index (χ4n) is 9.31. The van der Waals surface area contributed by atoms with Crippen molar-refractivity contribution in [2.45, 2.75) is 71.3 Å². The number of fused-ring (bicyclic) bond motifs is 6. The highest BCUT2D eigenvalue weighted by atomic mass is 16.5. The van der Waals surface area contributed by atoms with Gasteiger partial charge in [0.2, 0.25) is 5.91 Å². The van der Waals surface area contributed by atoms with Crippen molar-refractivity contribution in [2.75, 3.05) is 41.0 Å². The molecule has 16 nitrogen and oxygen atoms in total. The van der Waals surface area contributed by atoms with Crippen molar-refractivity contribution in [3.63, 3.8) is 0 Å². The molecular weight excluding hydrogens is 829 g/mol. The summed E-state index contributed by atoms with van der Waals surface area (Å²) in [6.45, 7) is 9.42. The summed E-state index contributed by atoms with van der Waals surface area (Å²) < 4.78 is 21.6. The van der Waals surface area contributed by atoms with Crippen LogP contribution in [-0.2, 0) is 30.4 Å². The molecule has 6 aromatic rings. The van der Waals surface area contributed by atoms with Gasteiger partial charge in [0, 0.05) is 37.1 Å². The molecule has 2 aromatic heterocycles. The van der Waals surface area contributed by atoms with Gasteiger partial charge in [-0.1, -0.05) is 69.3 Å². The smallest absolute Gasteiger partial charge is 0.407 e. The zero-order valence-electron chi connectivity index (χ0n) is 37.8. The average molecular weight is 885 g/mol. The number of rotatable bonds is 14. The summed E-state index contributed by atoms with van der Waals surface area (Å²) in [5.41, 5.74) is 7.03. The Morgan fingerprint density at radius 3 is 2.40 bits per heavy atom. The van der Waals surface area contributed by atoms with E-state index in [1.165, 1.54) is 14.2 Å². The number of likely N-dealkylation sites (tertiary alicyclic amines) is 1. The summed E-state index contributed by atoms with van der Waals surface area (Å²) in [5.74, 6) is 1.53. The third-order valence-electron chi connectivity index (χ3n) is 12.6. The highest BCUT2D eigenvalue weighted by Crippen LogP contribution is 2.43. The van der Waals surface area contributed by atoms with Gasteiger partial charge in [-0.05, 0) is 77.6 Å². The predicted octanol–water partition coefficient (Wildman–Crippen LogP) is 7.98. The number of nitrogens with one attached hydrogen (secondary N) is 4. The molecule has 0 aliphatic carbocycles. The summed E-state index contributed by atoms with van der Waals surface area (Å²) in [4.78, 5) is 73.3. The normalized spacial score (nSPS) is 16.9. The van der Waals surface area contributed by atoms with Crippen molar-refractivity contribution in [3.05, 3.63) is 102 Å². The van der Waals surface area contributed by atoms with Gasteiger partial charge < -0.3 is 49.3 Å². The molecular formula is C49H56N8O8. The van der Waals surface area contributed by atoms with Gasteiger partial charge in [0.15, 0.2) is 0 Å². The van der Waals surface area contributed by atoms with E-state index in [2.05, 4.69) is 50.9 Å². The molecule has 0 saturated carbocycles. The number of aromatic nitrogens is 4. The van der Waals surface area contributed by atoms with Gasteiger partial charge in [0.05, 0.1) is 55.8 Å². The molecule has 4 amide bonds. The number of aromatic amines is 2. The number of carbonyl (C=O) groups excluding carboxylic acids is 4. The van der Waals surface area contributed by atoms with Gasteiger partial charge in [-0.15, -0.1) is 0 Å². The molecule has 0 spiro atoms. The molecule has 4 heterocycles. The van der Waals surface area contributed by atoms with Gasteiger partial charge >= 0.3 is 12.2 Å². The van der Waals surface area contributed by atoms with Crippen molar-refractivity contribution in [1.29, 1.82) is 0 Å². The van der Waals surface area contributed by atoms with Crippen LogP contribution < -0.4 is 15.4 Å². The zero-order valence-corrected chi connectivity index (χ0v) is 37.8. The van der Waals surface area contributed by atoms with Crippen molar-refractivity contribution in [2.24, 2.45) is 11.8 Å². The molecule has 1 fully saturated rings. The van der Waals surface area contributed by atoms with Crippen molar-refractivity contribution in [3.8, 4) is 28.1 Å². The van der Waals surface area contributed by atoms with Gasteiger partial charge in [-0.25, -0.2) is 19.6 Å². The molecule has 65 heavy (non-hydrogen) atoms. The first-order chi connectivity index (χ1) is 31.5. The first kappa shape index (κ1) is 44.7. The molecule has 16 heteroatoms. The minimum absolute atomic E-state index is 0.100. The van der Waals surface area contributed by atoms with E-state index in [0.29, 0.717) is 56.4 Å². The number of carbonyl (C=O) groups is 4. The van der Waals surface area contributed by atoms with Crippen LogP contribution in [0.25, 0.3) is 44.2 Å². The Bertz CT molecular complexity index is 2710. The number of ether oxygens (including phenoxy) is 4. The third kappa shape index (κ3) is 8.82. The molecule has 4 N–H and O–H groups in total. The highest BCUT2D eigenvalue weighted by molar-refractivity contribution is 6.07. The molecule has 0 unspecified atom stereocenters. The second kappa shape index (κ2) is 19.0. The summed E-state index contributed by atoms with van der Waals surface area (Å²) in [6, 6.07) is 21.2. The molecule has 4 aromatic carbocycles. The summed E-state index contributed by atoms with van der Waals surface area (Å²) in [7, 11) is 4.21. The molecule has 5 atom stereocenters. The van der Waals surface area contributed by atoms with Crippen LogP contribution in [0.4, 0.5) is 9.59 Å². The predicted molar refractivity (Wildman–Crippen MR) is 245 cm³/mol. The molecule has 0 radical (unpaired) electrons. The lowest BCUT2D eigenvalue weighted by atomic mass is 9.92. The fraction of sp³-hybridized carbons (Fsp3) is 0.388. The SMILES string of the molecule is CC[C@@H](c1nc2c(ccc3cc4c(cc32)OCc2cc(-c3cnc([C@@H]5C[C@H](COC)CN5C(=O)[C@@H](NC(=O)OC)C(C)C)[nH]3)ccc2-4)[nH]1)N(CC)C(=O)[C@H](NC(=O)OC)c1ccccc1. The molecule has 0 bridgehead atoms. The number of hydrogen-bond donors (Lipinski definition) is 4. The van der Waals surface area contributed by atoms with E-state index in [1.54, 1.807) is 23.1 Å². The maximum absolute atomic E-state index is 14.2.